The Balaban J connectivity index is 1.75. The van der Waals surface area contributed by atoms with Crippen LogP contribution in [0.4, 0.5) is 5.69 Å². The molecule has 11 nitrogen and oxygen atoms in total. The summed E-state index contributed by atoms with van der Waals surface area (Å²) in [6, 6.07) is 11.0. The minimum absolute atomic E-state index is 0.131. The van der Waals surface area contributed by atoms with Crippen LogP contribution in [0, 0.1) is 10.1 Å². The van der Waals surface area contributed by atoms with E-state index in [2.05, 4.69) is 0 Å². The van der Waals surface area contributed by atoms with Gasteiger partial charge in [0.25, 0.3) is 5.69 Å². The third-order valence-corrected chi connectivity index (χ3v) is 4.84. The summed E-state index contributed by atoms with van der Waals surface area (Å²) in [5, 5.41) is 40.3. The largest absolute Gasteiger partial charge is 0.461 e. The normalized spacial score (nSPS) is 25.1. The van der Waals surface area contributed by atoms with E-state index in [1.807, 2.05) is 0 Å². The number of esters is 1. The number of nitro benzene ring substituents is 1. The molecule has 5 atom stereocenters. The van der Waals surface area contributed by atoms with Gasteiger partial charge < -0.3 is 29.5 Å². The summed E-state index contributed by atoms with van der Waals surface area (Å²) < 4.78 is 16.1. The van der Waals surface area contributed by atoms with E-state index >= 15 is 0 Å². The second kappa shape index (κ2) is 9.83. The van der Waals surface area contributed by atoms with E-state index in [0.29, 0.717) is 0 Å². The van der Waals surface area contributed by atoms with Crippen LogP contribution in [0.2, 0.25) is 0 Å². The van der Waals surface area contributed by atoms with Crippen LogP contribution in [0.5, 0.6) is 5.75 Å². The molecule has 0 bridgehead atoms. The maximum atomic E-state index is 12.6. The lowest BCUT2D eigenvalue weighted by Gasteiger charge is -2.41. The molecule has 170 valence electrons. The highest BCUT2D eigenvalue weighted by Crippen LogP contribution is 2.27. The van der Waals surface area contributed by atoms with Crippen LogP contribution in [0.25, 0.3) is 0 Å². The summed E-state index contributed by atoms with van der Waals surface area (Å²) >= 11 is 0. The molecule has 32 heavy (non-hydrogen) atoms. The number of ketones is 1. The number of hydrogen-bond acceptors (Lipinski definition) is 10. The van der Waals surface area contributed by atoms with Gasteiger partial charge in [0, 0.05) is 30.2 Å². The van der Waals surface area contributed by atoms with Crippen LogP contribution in [0.3, 0.4) is 0 Å². The Hall–Kier alpha value is -3.38. The second-order valence-electron chi connectivity index (χ2n) is 7.06. The van der Waals surface area contributed by atoms with Gasteiger partial charge in [0.15, 0.2) is 11.9 Å². The van der Waals surface area contributed by atoms with Crippen molar-refractivity contribution in [3.8, 4) is 5.75 Å². The molecule has 2 aromatic carbocycles. The number of rotatable bonds is 7. The van der Waals surface area contributed by atoms with E-state index in [0.717, 1.165) is 6.92 Å². The number of carbonyl (C=O) groups is 2. The topological polar surface area (TPSA) is 166 Å². The fraction of sp³-hybridized carbons (Fsp3) is 0.333. The Bertz CT molecular complexity index is 975. The van der Waals surface area contributed by atoms with Crippen LogP contribution >= 0.6 is 0 Å². The van der Waals surface area contributed by atoms with E-state index in [1.165, 1.54) is 48.5 Å². The number of nitrogens with zero attached hydrogens (tertiary/aromatic N) is 1. The van der Waals surface area contributed by atoms with Gasteiger partial charge in [0.05, 0.1) is 11.5 Å². The highest BCUT2D eigenvalue weighted by Gasteiger charge is 2.47. The Morgan fingerprint density at radius 2 is 1.59 bits per heavy atom. The highest BCUT2D eigenvalue weighted by molar-refractivity contribution is 6.09. The maximum Gasteiger partial charge on any atom is 0.303 e. The molecule has 0 unspecified atom stereocenters. The molecule has 1 fully saturated rings. The number of ether oxygens (including phenoxy) is 3. The van der Waals surface area contributed by atoms with Gasteiger partial charge in [-0.2, -0.15) is 0 Å². The molecule has 2 aromatic rings. The zero-order valence-corrected chi connectivity index (χ0v) is 16.9. The standard InChI is InChI=1S/C21H21NO10/c1-11(24)30-20-19(27)18(26)16(10-23)32-21(20)31-15-8-4-13(5-9-15)17(25)12-2-6-14(7-3-12)22(28)29/h2-9,16,18-21,23,26-27H,10H2,1H3/t16-,18-,19+,20-,21-/m1/s1. The van der Waals surface area contributed by atoms with Gasteiger partial charge in [-0.25, -0.2) is 0 Å². The van der Waals surface area contributed by atoms with Gasteiger partial charge in [0.2, 0.25) is 6.29 Å². The molecule has 0 radical (unpaired) electrons. The minimum Gasteiger partial charge on any atom is -0.461 e. The van der Waals surface area contributed by atoms with Gasteiger partial charge in [-0.3, -0.25) is 19.7 Å². The van der Waals surface area contributed by atoms with Crippen LogP contribution < -0.4 is 4.74 Å². The first kappa shape index (κ1) is 23.3. The molecule has 0 aromatic heterocycles. The summed E-state index contributed by atoms with van der Waals surface area (Å²) in [4.78, 5) is 34.1. The van der Waals surface area contributed by atoms with Crippen LogP contribution in [-0.2, 0) is 14.3 Å². The van der Waals surface area contributed by atoms with Crippen LogP contribution in [-0.4, -0.2) is 69.3 Å². The van der Waals surface area contributed by atoms with Crippen molar-refractivity contribution >= 4 is 17.4 Å². The second-order valence-corrected chi connectivity index (χ2v) is 7.06. The molecule has 1 aliphatic heterocycles. The molecular formula is C21H21NO10. The van der Waals surface area contributed by atoms with Gasteiger partial charge in [0.1, 0.15) is 24.1 Å². The smallest absolute Gasteiger partial charge is 0.303 e. The Labute approximate surface area is 181 Å². The van der Waals surface area contributed by atoms with E-state index in [-0.39, 0.29) is 28.3 Å². The van der Waals surface area contributed by atoms with Crippen molar-refractivity contribution in [3.63, 3.8) is 0 Å². The molecule has 0 saturated carbocycles. The third kappa shape index (κ3) is 5.08. The van der Waals surface area contributed by atoms with Crippen molar-refractivity contribution in [3.05, 3.63) is 69.8 Å². The monoisotopic (exact) mass is 447 g/mol. The molecule has 0 spiro atoms. The van der Waals surface area contributed by atoms with Gasteiger partial charge in [-0.05, 0) is 36.4 Å². The molecule has 1 saturated heterocycles. The van der Waals surface area contributed by atoms with Gasteiger partial charge >= 0.3 is 5.97 Å². The number of non-ortho nitro benzene ring substituents is 1. The number of aliphatic hydroxyl groups excluding tert-OH is 3. The third-order valence-electron chi connectivity index (χ3n) is 4.84. The molecule has 3 N–H and O–H groups in total. The first-order valence-electron chi connectivity index (χ1n) is 9.57. The molecule has 0 amide bonds. The lowest BCUT2D eigenvalue weighted by Crippen LogP contribution is -2.61. The Morgan fingerprint density at radius 3 is 2.09 bits per heavy atom. The number of benzene rings is 2. The SMILES string of the molecule is CC(=O)O[C@H]1[C@H](Oc2ccc(C(=O)c3ccc([N+](=O)[O-])cc3)cc2)O[C@H](CO)[C@@H](O)[C@@H]1O. The van der Waals surface area contributed by atoms with Crippen molar-refractivity contribution in [2.24, 2.45) is 0 Å². The molecule has 1 aliphatic rings. The van der Waals surface area contributed by atoms with E-state index in [1.54, 1.807) is 0 Å². The lowest BCUT2D eigenvalue weighted by molar-refractivity contribution is -0.384. The number of nitro groups is 1. The van der Waals surface area contributed by atoms with Crippen molar-refractivity contribution < 1.29 is 44.0 Å². The number of hydrogen-bond donors (Lipinski definition) is 3. The molecule has 11 heteroatoms. The quantitative estimate of drug-likeness (QED) is 0.236. The Morgan fingerprint density at radius 1 is 1.03 bits per heavy atom. The van der Waals surface area contributed by atoms with Crippen LogP contribution in [0.1, 0.15) is 22.8 Å². The summed E-state index contributed by atoms with van der Waals surface area (Å²) in [6.45, 7) is 0.514. The van der Waals surface area contributed by atoms with Crippen molar-refractivity contribution in [1.82, 2.24) is 0 Å². The number of carbonyl (C=O) groups excluding carboxylic acids is 2. The zero-order valence-electron chi connectivity index (χ0n) is 16.9. The fourth-order valence-electron chi connectivity index (χ4n) is 3.19. The van der Waals surface area contributed by atoms with E-state index in [9.17, 15) is 35.0 Å². The summed E-state index contributed by atoms with van der Waals surface area (Å²) in [7, 11) is 0. The first-order valence-corrected chi connectivity index (χ1v) is 9.57. The van der Waals surface area contributed by atoms with Crippen molar-refractivity contribution in [1.29, 1.82) is 0 Å². The van der Waals surface area contributed by atoms with Gasteiger partial charge in [-0.15, -0.1) is 0 Å². The minimum atomic E-state index is -1.56. The maximum absolute atomic E-state index is 12.6. The average Bonchev–Trinajstić information content (AvgIpc) is 2.78. The van der Waals surface area contributed by atoms with E-state index in [4.69, 9.17) is 14.2 Å². The Kier molecular flexibility index (Phi) is 7.15. The van der Waals surface area contributed by atoms with E-state index < -0.39 is 48.2 Å². The number of aliphatic hydroxyl groups is 3. The van der Waals surface area contributed by atoms with Gasteiger partial charge in [-0.1, -0.05) is 0 Å². The average molecular weight is 447 g/mol. The zero-order chi connectivity index (χ0) is 23.4. The summed E-state index contributed by atoms with van der Waals surface area (Å²) in [5.74, 6) is -0.894. The predicted octanol–water partition coefficient (Wildman–Crippen LogP) is 0.575. The first-order chi connectivity index (χ1) is 15.2. The summed E-state index contributed by atoms with van der Waals surface area (Å²) in [6.07, 6.45) is -6.90. The van der Waals surface area contributed by atoms with Crippen molar-refractivity contribution in [2.45, 2.75) is 37.6 Å². The van der Waals surface area contributed by atoms with Crippen LogP contribution in [0.15, 0.2) is 48.5 Å². The predicted molar refractivity (Wildman–Crippen MR) is 107 cm³/mol. The molecule has 1 heterocycles. The summed E-state index contributed by atoms with van der Waals surface area (Å²) in [5.41, 5.74) is 0.419. The van der Waals surface area contributed by atoms with Crippen molar-refractivity contribution in [2.75, 3.05) is 6.61 Å². The molecule has 3 rings (SSSR count). The fourth-order valence-corrected chi connectivity index (χ4v) is 3.19. The lowest BCUT2D eigenvalue weighted by atomic mass is 9.99. The highest BCUT2D eigenvalue weighted by atomic mass is 16.7. The molecule has 0 aliphatic carbocycles. The molecular weight excluding hydrogens is 426 g/mol.